The van der Waals surface area contributed by atoms with E-state index >= 15 is 0 Å². The highest BCUT2D eigenvalue weighted by Crippen LogP contribution is 2.07. The number of carbonyl (C=O) groups is 1. The zero-order chi connectivity index (χ0) is 23.2. The lowest BCUT2D eigenvalue weighted by Gasteiger charge is -2.23. The molecule has 0 N–H and O–H groups in total. The van der Waals surface area contributed by atoms with Gasteiger partial charge in [-0.2, -0.15) is 0 Å². The molecule has 3 nitrogen and oxygen atoms in total. The minimum absolute atomic E-state index is 0.208. The molecule has 174 valence electrons. The Morgan fingerprint density at radius 2 is 1.35 bits per heavy atom. The van der Waals surface area contributed by atoms with Gasteiger partial charge in [0.15, 0.2) is 0 Å². The fourth-order valence-corrected chi connectivity index (χ4v) is 3.02. The molecule has 0 saturated heterocycles. The van der Waals surface area contributed by atoms with Crippen LogP contribution in [0.5, 0.6) is 0 Å². The van der Waals surface area contributed by atoms with E-state index in [-0.39, 0.29) is 6.42 Å². The van der Waals surface area contributed by atoms with Crippen LogP contribution in [0.15, 0.2) is 66.8 Å². The highest BCUT2D eigenvalue weighted by atomic mass is 16.4. The second kappa shape index (κ2) is 19.8. The second-order valence-electron chi connectivity index (χ2n) is 8.91. The Kier molecular flexibility index (Phi) is 18.4. The lowest BCUT2D eigenvalue weighted by molar-refractivity contribution is -0.884. The first-order chi connectivity index (χ1) is 14.8. The molecule has 0 atom stereocenters. The topological polar surface area (TPSA) is 40.1 Å². The number of benzene rings is 1. The van der Waals surface area contributed by atoms with Gasteiger partial charge in [0, 0.05) is 11.5 Å². The van der Waals surface area contributed by atoms with E-state index in [1.807, 2.05) is 0 Å². The number of allylic oxidation sites excluding steroid dienone is 6. The molecule has 0 aliphatic rings. The molecule has 1 aromatic rings. The van der Waals surface area contributed by atoms with Gasteiger partial charge in [0.05, 0.1) is 21.1 Å². The fourth-order valence-electron chi connectivity index (χ4n) is 3.02. The molecule has 1 rings (SSSR count). The summed E-state index contributed by atoms with van der Waals surface area (Å²) in [5, 5.41) is 10.2. The van der Waals surface area contributed by atoms with Gasteiger partial charge in [-0.15, -0.1) is 0 Å². The van der Waals surface area contributed by atoms with E-state index in [1.54, 1.807) is 0 Å². The Morgan fingerprint density at radius 1 is 0.806 bits per heavy atom. The smallest absolute Gasteiger partial charge is 0.104 e. The molecule has 0 aliphatic carbocycles. The molecule has 0 saturated carbocycles. The molecule has 0 radical (unpaired) electrons. The zero-order valence-electron chi connectivity index (χ0n) is 20.4. The van der Waals surface area contributed by atoms with E-state index in [4.69, 9.17) is 0 Å². The van der Waals surface area contributed by atoms with E-state index in [0.717, 1.165) is 56.0 Å². The average Bonchev–Trinajstić information content (AvgIpc) is 2.71. The number of rotatable bonds is 15. The summed E-state index contributed by atoms with van der Waals surface area (Å²) in [5.74, 6) is -0.925. The Morgan fingerprint density at radius 3 is 1.94 bits per heavy atom. The molecule has 3 heteroatoms. The van der Waals surface area contributed by atoms with Gasteiger partial charge in [-0.3, -0.25) is 0 Å². The van der Waals surface area contributed by atoms with Gasteiger partial charge < -0.3 is 14.4 Å². The lowest BCUT2D eigenvalue weighted by atomic mass is 10.1. The minimum Gasteiger partial charge on any atom is -0.550 e. The van der Waals surface area contributed by atoms with Crippen LogP contribution in [0, 0.1) is 0 Å². The number of aliphatic carboxylic acids is 1. The van der Waals surface area contributed by atoms with Crippen LogP contribution >= 0.6 is 0 Å². The van der Waals surface area contributed by atoms with Gasteiger partial charge in [-0.1, -0.05) is 93.0 Å². The van der Waals surface area contributed by atoms with Crippen molar-refractivity contribution in [1.82, 2.24) is 0 Å². The number of carboxylic acids is 1. The summed E-state index contributed by atoms with van der Waals surface area (Å²) in [4.78, 5) is 10.2. The molecule has 0 bridgehead atoms. The number of carboxylic acid groups (broad SMARTS) is 1. The number of quaternary nitrogens is 1. The largest absolute Gasteiger partial charge is 0.550 e. The molecule has 0 aromatic heterocycles. The number of nitrogens with zero attached hydrogens (tertiary/aromatic N) is 1. The van der Waals surface area contributed by atoms with Crippen LogP contribution in [0.25, 0.3) is 0 Å². The van der Waals surface area contributed by atoms with E-state index in [0.29, 0.717) is 0 Å². The van der Waals surface area contributed by atoms with Crippen molar-refractivity contribution in [3.8, 4) is 0 Å². The summed E-state index contributed by atoms with van der Waals surface area (Å²) in [6.45, 7) is 3.24. The maximum absolute atomic E-state index is 10.2. The third-order valence-electron chi connectivity index (χ3n) is 4.53. The first kappa shape index (κ1) is 28.9. The quantitative estimate of drug-likeness (QED) is 0.189. The second-order valence-corrected chi connectivity index (χ2v) is 8.91. The van der Waals surface area contributed by atoms with Crippen molar-refractivity contribution in [2.45, 2.75) is 77.7 Å². The Bertz CT molecular complexity index is 624. The average molecular weight is 428 g/mol. The van der Waals surface area contributed by atoms with E-state index in [2.05, 4.69) is 94.9 Å². The van der Waals surface area contributed by atoms with Gasteiger partial charge >= 0.3 is 0 Å². The SMILES string of the molecule is CC/C=C\C/C=C\C/C=C\CCCCCCCC(=O)[O-].C[N+](C)(C)Cc1ccccc1. The number of hydrogen-bond donors (Lipinski definition) is 0. The van der Waals surface area contributed by atoms with Crippen molar-refractivity contribution in [2.75, 3.05) is 21.1 Å². The third kappa shape index (κ3) is 24.0. The van der Waals surface area contributed by atoms with Crippen molar-refractivity contribution in [3.05, 3.63) is 72.4 Å². The lowest BCUT2D eigenvalue weighted by Crippen LogP contribution is -2.33. The predicted octanol–water partition coefficient (Wildman–Crippen LogP) is 6.22. The van der Waals surface area contributed by atoms with E-state index < -0.39 is 5.97 Å². The molecule has 0 amide bonds. The van der Waals surface area contributed by atoms with Crippen LogP contribution in [0.3, 0.4) is 0 Å². The highest BCUT2D eigenvalue weighted by molar-refractivity contribution is 5.64. The maximum Gasteiger partial charge on any atom is 0.104 e. The summed E-state index contributed by atoms with van der Waals surface area (Å²) >= 11 is 0. The molecule has 31 heavy (non-hydrogen) atoms. The summed E-state index contributed by atoms with van der Waals surface area (Å²) in [6, 6.07) is 10.6. The Labute approximate surface area is 191 Å². The maximum atomic E-state index is 10.2. The van der Waals surface area contributed by atoms with Crippen LogP contribution < -0.4 is 5.11 Å². The number of carbonyl (C=O) groups excluding carboxylic acids is 1. The van der Waals surface area contributed by atoms with Crippen LogP contribution in [-0.2, 0) is 11.3 Å². The first-order valence-electron chi connectivity index (χ1n) is 11.8. The molecule has 0 aliphatic heterocycles. The standard InChI is InChI=1S/C18H30O2.C10H16N/c1-2-3-4-5-6-7-8-9-10-11-12-13-14-15-16-17-18(19)20;1-11(2,3)9-10-7-5-4-6-8-10/h3-4,6-7,9-10H,2,5,8,11-17H2,1H3,(H,19,20);4-8H,9H2,1-3H3/q;+1/p-1/b4-3-,7-6-,10-9-;. The molecule has 0 unspecified atom stereocenters. The van der Waals surface area contributed by atoms with Gasteiger partial charge in [0.1, 0.15) is 6.54 Å². The van der Waals surface area contributed by atoms with Gasteiger partial charge in [0.2, 0.25) is 0 Å². The Balaban J connectivity index is 0.000000683. The van der Waals surface area contributed by atoms with E-state index in [9.17, 15) is 9.90 Å². The monoisotopic (exact) mass is 427 g/mol. The van der Waals surface area contributed by atoms with Crippen LogP contribution in [-0.4, -0.2) is 31.6 Å². The number of unbranched alkanes of at least 4 members (excludes halogenated alkanes) is 5. The van der Waals surface area contributed by atoms with Crippen molar-refractivity contribution in [2.24, 2.45) is 0 Å². The molecule has 0 heterocycles. The summed E-state index contributed by atoms with van der Waals surface area (Å²) in [5.41, 5.74) is 1.40. The van der Waals surface area contributed by atoms with Gasteiger partial charge in [0.25, 0.3) is 0 Å². The van der Waals surface area contributed by atoms with Crippen molar-refractivity contribution in [3.63, 3.8) is 0 Å². The third-order valence-corrected chi connectivity index (χ3v) is 4.53. The summed E-state index contributed by atoms with van der Waals surface area (Å²) < 4.78 is 0.990. The van der Waals surface area contributed by atoms with Crippen molar-refractivity contribution >= 4 is 5.97 Å². The molecule has 0 fully saturated rings. The fraction of sp³-hybridized carbons (Fsp3) is 0.536. The van der Waals surface area contributed by atoms with E-state index in [1.165, 1.54) is 18.4 Å². The zero-order valence-corrected chi connectivity index (χ0v) is 20.4. The minimum atomic E-state index is -0.925. The molecule has 1 aromatic carbocycles. The summed E-state index contributed by atoms with van der Waals surface area (Å²) in [7, 11) is 6.60. The number of hydrogen-bond acceptors (Lipinski definition) is 2. The molecular weight excluding hydrogens is 382 g/mol. The van der Waals surface area contributed by atoms with Gasteiger partial charge in [-0.25, -0.2) is 0 Å². The van der Waals surface area contributed by atoms with Crippen LogP contribution in [0.1, 0.15) is 76.7 Å². The van der Waals surface area contributed by atoms with Crippen molar-refractivity contribution < 1.29 is 14.4 Å². The normalized spacial score (nSPS) is 11.9. The van der Waals surface area contributed by atoms with Crippen LogP contribution in [0.2, 0.25) is 0 Å². The predicted molar refractivity (Wildman–Crippen MR) is 132 cm³/mol. The molecule has 0 spiro atoms. The Hall–Kier alpha value is -2.13. The van der Waals surface area contributed by atoms with Crippen molar-refractivity contribution in [1.29, 1.82) is 0 Å². The van der Waals surface area contributed by atoms with Crippen LogP contribution in [0.4, 0.5) is 0 Å². The first-order valence-corrected chi connectivity index (χ1v) is 11.8. The highest BCUT2D eigenvalue weighted by Gasteiger charge is 2.06. The summed E-state index contributed by atoms with van der Waals surface area (Å²) in [6.07, 6.45) is 23.0. The molecular formula is C28H45NO2. The van der Waals surface area contributed by atoms with Gasteiger partial charge in [-0.05, 0) is 44.9 Å².